The van der Waals surface area contributed by atoms with E-state index in [2.05, 4.69) is 10.2 Å². The second-order valence-electron chi connectivity index (χ2n) is 4.48. The van der Waals surface area contributed by atoms with E-state index in [9.17, 15) is 9.18 Å². The predicted octanol–water partition coefficient (Wildman–Crippen LogP) is 1.22. The lowest BCUT2D eigenvalue weighted by Gasteiger charge is -2.26. The van der Waals surface area contributed by atoms with Crippen molar-refractivity contribution in [3.8, 4) is 0 Å². The molecule has 1 aliphatic heterocycles. The van der Waals surface area contributed by atoms with E-state index in [1.54, 1.807) is 0 Å². The summed E-state index contributed by atoms with van der Waals surface area (Å²) in [5.74, 6) is -1.47. The third-order valence-corrected chi connectivity index (χ3v) is 2.93. The minimum atomic E-state index is -1.04. The number of halogens is 2. The highest BCUT2D eigenvalue weighted by atomic mass is 35.5. The Hall–Kier alpha value is -1.21. The summed E-state index contributed by atoms with van der Waals surface area (Å²) in [4.78, 5) is 12.6. The van der Waals surface area contributed by atoms with Crippen molar-refractivity contribution in [2.75, 3.05) is 39.3 Å². The van der Waals surface area contributed by atoms with Crippen molar-refractivity contribution >= 4 is 18.4 Å². The summed E-state index contributed by atoms with van der Waals surface area (Å²) in [5.41, 5.74) is 0.0985. The van der Waals surface area contributed by atoms with E-state index in [4.69, 9.17) is 10.2 Å². The van der Waals surface area contributed by atoms with Crippen LogP contribution in [-0.2, 0) is 0 Å². The molecule has 0 aromatic heterocycles. The van der Waals surface area contributed by atoms with Crippen LogP contribution in [0.25, 0.3) is 0 Å². The molecule has 1 aromatic rings. The van der Waals surface area contributed by atoms with Gasteiger partial charge in [-0.2, -0.15) is 0 Å². The zero-order chi connectivity index (χ0) is 14.8. The third kappa shape index (κ3) is 8.62. The summed E-state index contributed by atoms with van der Waals surface area (Å²) in [6.45, 7) is 5.86. The van der Waals surface area contributed by atoms with Crippen LogP contribution < -0.4 is 5.32 Å². The lowest BCUT2D eigenvalue weighted by Crippen LogP contribution is -2.43. The number of nitrogens with zero attached hydrogens (tertiary/aromatic N) is 1. The van der Waals surface area contributed by atoms with Gasteiger partial charge >= 0.3 is 5.97 Å². The maximum Gasteiger partial charge on any atom is 0.335 e. The summed E-state index contributed by atoms with van der Waals surface area (Å²) in [5, 5.41) is 20.2. The van der Waals surface area contributed by atoms with E-state index in [0.29, 0.717) is 6.61 Å². The van der Waals surface area contributed by atoms with Gasteiger partial charge in [-0.25, -0.2) is 9.18 Å². The summed E-state index contributed by atoms with van der Waals surface area (Å²) in [6, 6.07) is 4.67. The number of hydrogen-bond acceptors (Lipinski definition) is 4. The Bertz CT molecular complexity index is 398. The van der Waals surface area contributed by atoms with Crippen LogP contribution >= 0.6 is 12.4 Å². The van der Waals surface area contributed by atoms with Gasteiger partial charge in [0, 0.05) is 39.3 Å². The number of piperazine rings is 1. The number of carbonyl (C=O) groups is 1. The van der Waals surface area contributed by atoms with E-state index in [-0.39, 0.29) is 18.0 Å². The quantitative estimate of drug-likeness (QED) is 0.778. The Balaban J connectivity index is 0.000000364. The van der Waals surface area contributed by atoms with Crippen LogP contribution in [0, 0.1) is 5.82 Å². The molecule has 5 nitrogen and oxygen atoms in total. The SMILES string of the molecule is Cl.O=C(O)c1ccc(F)cc1.OCCCN1CCNCC1. The highest BCUT2D eigenvalue weighted by Gasteiger charge is 2.07. The van der Waals surface area contributed by atoms with Crippen LogP contribution in [0.2, 0.25) is 0 Å². The zero-order valence-electron chi connectivity index (χ0n) is 11.8. The van der Waals surface area contributed by atoms with Crippen molar-refractivity contribution in [2.24, 2.45) is 0 Å². The number of rotatable bonds is 4. The monoisotopic (exact) mass is 320 g/mol. The molecule has 3 N–H and O–H groups in total. The Kier molecular flexibility index (Phi) is 10.8. The van der Waals surface area contributed by atoms with Crippen molar-refractivity contribution in [2.45, 2.75) is 6.42 Å². The molecule has 0 amide bonds. The van der Waals surface area contributed by atoms with Gasteiger partial charge < -0.3 is 20.4 Å². The summed E-state index contributed by atoms with van der Waals surface area (Å²) < 4.78 is 12.2. The molecule has 0 saturated carbocycles. The van der Waals surface area contributed by atoms with Gasteiger partial charge in [-0.1, -0.05) is 0 Å². The molecule has 1 aromatic carbocycles. The van der Waals surface area contributed by atoms with Crippen LogP contribution in [-0.4, -0.2) is 60.4 Å². The Morgan fingerprint density at radius 3 is 2.29 bits per heavy atom. The van der Waals surface area contributed by atoms with Crippen LogP contribution in [0.3, 0.4) is 0 Å². The van der Waals surface area contributed by atoms with Gasteiger partial charge in [-0.15, -0.1) is 12.4 Å². The fraction of sp³-hybridized carbons (Fsp3) is 0.500. The first-order chi connectivity index (χ1) is 9.63. The standard InChI is InChI=1S/C7H5FO2.C7H16N2O.ClH/c8-6-3-1-5(2-4-6)7(9)10;10-7-1-4-9-5-2-8-3-6-9;/h1-4H,(H,9,10);8,10H,1-7H2;1H. The molecular formula is C14H22ClFN2O3. The lowest BCUT2D eigenvalue weighted by molar-refractivity contribution is 0.0697. The molecule has 0 spiro atoms. The number of hydrogen-bond donors (Lipinski definition) is 3. The van der Waals surface area contributed by atoms with Crippen molar-refractivity contribution in [1.82, 2.24) is 10.2 Å². The average Bonchev–Trinajstić information content (AvgIpc) is 2.47. The van der Waals surface area contributed by atoms with E-state index < -0.39 is 11.8 Å². The second kappa shape index (κ2) is 11.4. The smallest absolute Gasteiger partial charge is 0.335 e. The summed E-state index contributed by atoms with van der Waals surface area (Å²) in [6.07, 6.45) is 0.917. The Morgan fingerprint density at radius 1 is 1.24 bits per heavy atom. The van der Waals surface area contributed by atoms with E-state index >= 15 is 0 Å². The van der Waals surface area contributed by atoms with Crippen LogP contribution in [0.5, 0.6) is 0 Å². The van der Waals surface area contributed by atoms with Crippen LogP contribution in [0.1, 0.15) is 16.8 Å². The van der Waals surface area contributed by atoms with E-state index in [1.807, 2.05) is 0 Å². The van der Waals surface area contributed by atoms with Gasteiger partial charge in [-0.05, 0) is 30.7 Å². The molecular weight excluding hydrogens is 299 g/mol. The van der Waals surface area contributed by atoms with Crippen molar-refractivity contribution in [3.05, 3.63) is 35.6 Å². The normalized spacial score (nSPS) is 14.6. The maximum atomic E-state index is 12.2. The molecule has 1 fully saturated rings. The lowest BCUT2D eigenvalue weighted by atomic mass is 10.2. The minimum Gasteiger partial charge on any atom is -0.478 e. The largest absolute Gasteiger partial charge is 0.478 e. The fourth-order valence-corrected chi connectivity index (χ4v) is 1.82. The van der Waals surface area contributed by atoms with Crippen molar-refractivity contribution in [1.29, 1.82) is 0 Å². The average molecular weight is 321 g/mol. The molecule has 1 heterocycles. The van der Waals surface area contributed by atoms with E-state index in [1.165, 1.54) is 12.1 Å². The molecule has 1 aliphatic rings. The number of carboxylic acid groups (broad SMARTS) is 1. The maximum absolute atomic E-state index is 12.2. The van der Waals surface area contributed by atoms with Gasteiger partial charge in [0.15, 0.2) is 0 Å². The first-order valence-electron chi connectivity index (χ1n) is 6.66. The molecule has 0 unspecified atom stereocenters. The first-order valence-corrected chi connectivity index (χ1v) is 6.66. The fourth-order valence-electron chi connectivity index (χ4n) is 1.82. The molecule has 120 valence electrons. The van der Waals surface area contributed by atoms with Gasteiger partial charge in [0.25, 0.3) is 0 Å². The number of aliphatic hydroxyl groups is 1. The Labute approximate surface area is 130 Å². The molecule has 1 saturated heterocycles. The minimum absolute atomic E-state index is 0. The van der Waals surface area contributed by atoms with E-state index in [0.717, 1.165) is 51.3 Å². The number of benzene rings is 1. The van der Waals surface area contributed by atoms with Crippen molar-refractivity contribution in [3.63, 3.8) is 0 Å². The third-order valence-electron chi connectivity index (χ3n) is 2.93. The topological polar surface area (TPSA) is 72.8 Å². The van der Waals surface area contributed by atoms with Gasteiger partial charge in [0.05, 0.1) is 5.56 Å². The summed E-state index contributed by atoms with van der Waals surface area (Å²) >= 11 is 0. The van der Waals surface area contributed by atoms with Gasteiger partial charge in [0.1, 0.15) is 5.82 Å². The highest BCUT2D eigenvalue weighted by Crippen LogP contribution is 2.01. The first kappa shape index (κ1) is 19.8. The second-order valence-corrected chi connectivity index (χ2v) is 4.48. The molecule has 0 bridgehead atoms. The molecule has 0 radical (unpaired) electrons. The van der Waals surface area contributed by atoms with Gasteiger partial charge in [0.2, 0.25) is 0 Å². The predicted molar refractivity (Wildman–Crippen MR) is 81.6 cm³/mol. The van der Waals surface area contributed by atoms with Crippen LogP contribution in [0.4, 0.5) is 4.39 Å². The molecule has 0 atom stereocenters. The number of aliphatic hydroxyl groups excluding tert-OH is 1. The van der Waals surface area contributed by atoms with Crippen LogP contribution in [0.15, 0.2) is 24.3 Å². The Morgan fingerprint density at radius 2 is 1.81 bits per heavy atom. The molecule has 0 aliphatic carbocycles. The number of nitrogens with one attached hydrogen (secondary N) is 1. The van der Waals surface area contributed by atoms with Crippen molar-refractivity contribution < 1.29 is 19.4 Å². The number of aromatic carboxylic acids is 1. The number of carboxylic acids is 1. The molecule has 21 heavy (non-hydrogen) atoms. The van der Waals surface area contributed by atoms with Gasteiger partial charge in [-0.3, -0.25) is 0 Å². The zero-order valence-corrected chi connectivity index (χ0v) is 12.6. The molecule has 7 heteroatoms. The molecule has 2 rings (SSSR count). The highest BCUT2D eigenvalue weighted by molar-refractivity contribution is 5.87. The summed E-state index contributed by atoms with van der Waals surface area (Å²) in [7, 11) is 0.